The van der Waals surface area contributed by atoms with Gasteiger partial charge in [0.1, 0.15) is 17.4 Å². The highest BCUT2D eigenvalue weighted by Gasteiger charge is 2.45. The van der Waals surface area contributed by atoms with E-state index in [1.807, 2.05) is 32.0 Å². The van der Waals surface area contributed by atoms with E-state index >= 15 is 0 Å². The first-order chi connectivity index (χ1) is 21.0. The van der Waals surface area contributed by atoms with Crippen LogP contribution in [0.15, 0.2) is 41.6 Å². The maximum atomic E-state index is 13.6. The Morgan fingerprint density at radius 3 is 2.64 bits per heavy atom. The molecule has 4 rings (SSSR count). The number of aromatic nitrogens is 1. The maximum absolute atomic E-state index is 13.6. The first-order valence-electron chi connectivity index (χ1n) is 14.9. The number of carbonyl (C=O) groups is 2. The molecule has 1 aromatic carbocycles. The van der Waals surface area contributed by atoms with Crippen molar-refractivity contribution in [2.75, 3.05) is 24.7 Å². The molecule has 1 N–H and O–H groups in total. The number of nitrogens with zero attached hydrogens (tertiary/aromatic N) is 3. The Morgan fingerprint density at radius 2 is 1.95 bits per heavy atom. The lowest BCUT2D eigenvalue weighted by Gasteiger charge is -2.32. The summed E-state index contributed by atoms with van der Waals surface area (Å²) in [4.78, 5) is 50.6. The van der Waals surface area contributed by atoms with E-state index in [0.29, 0.717) is 42.0 Å². The van der Waals surface area contributed by atoms with Crippen LogP contribution >= 0.6 is 21.6 Å². The lowest BCUT2D eigenvalue weighted by atomic mass is 9.89. The predicted octanol–water partition coefficient (Wildman–Crippen LogP) is 6.50. The Morgan fingerprint density at radius 1 is 1.20 bits per heavy atom. The first-order valence-corrected chi connectivity index (χ1v) is 17.1. The summed E-state index contributed by atoms with van der Waals surface area (Å²) in [5, 5.41) is 12.3. The van der Waals surface area contributed by atoms with Gasteiger partial charge in [0.2, 0.25) is 0 Å². The minimum atomic E-state index is -1.21. The summed E-state index contributed by atoms with van der Waals surface area (Å²) in [6.45, 7) is 11.9. The number of unbranched alkanes of at least 4 members (excludes halogenated alkanes) is 2. The van der Waals surface area contributed by atoms with Crippen LogP contribution in [0.1, 0.15) is 82.1 Å². The number of aliphatic hydroxyl groups excluding tert-OH is 1. The van der Waals surface area contributed by atoms with E-state index in [0.717, 1.165) is 36.3 Å². The van der Waals surface area contributed by atoms with Crippen molar-refractivity contribution in [3.8, 4) is 5.75 Å². The monoisotopic (exact) mass is 645 g/mol. The Kier molecular flexibility index (Phi) is 13.6. The molecule has 12 heteroatoms. The topological polar surface area (TPSA) is 126 Å². The molecular weight excluding hydrogens is 603 g/mol. The fraction of sp³-hybridized carbons (Fsp3) is 0.562. The second kappa shape index (κ2) is 16.9. The van der Waals surface area contributed by atoms with E-state index in [9.17, 15) is 14.7 Å². The van der Waals surface area contributed by atoms with E-state index in [4.69, 9.17) is 19.1 Å². The van der Waals surface area contributed by atoms with Gasteiger partial charge in [0.15, 0.2) is 6.23 Å². The predicted molar refractivity (Wildman–Crippen MR) is 171 cm³/mol. The van der Waals surface area contributed by atoms with E-state index in [1.54, 1.807) is 34.0 Å². The molecule has 240 valence electrons. The smallest absolute Gasteiger partial charge is 0.416 e. The number of hydrogen-bond acceptors (Lipinski definition) is 10. The zero-order valence-corrected chi connectivity index (χ0v) is 27.7. The number of rotatable bonds is 11. The Labute approximate surface area is 267 Å². The molecule has 0 bridgehead atoms. The number of amides is 2. The van der Waals surface area contributed by atoms with Gasteiger partial charge < -0.3 is 19.5 Å². The summed E-state index contributed by atoms with van der Waals surface area (Å²) in [5.74, 6) is 0.430. The SMILES string of the molecule is Cc1cc2c(cc1OCCCCCC(C)(C)C)N(C(=O)OCC(C)SSc1ccccn1)C(O)[C@@H]1CCCN1C2=O.O=C=O. The minimum absolute atomic E-state index is 0.0191. The van der Waals surface area contributed by atoms with Crippen LogP contribution in [-0.2, 0) is 14.3 Å². The Bertz CT molecular complexity index is 1280. The van der Waals surface area contributed by atoms with Crippen molar-refractivity contribution < 1.29 is 33.8 Å². The number of aryl methyl sites for hydroxylation is 1. The third kappa shape index (κ3) is 9.99. The number of pyridine rings is 1. The lowest BCUT2D eigenvalue weighted by molar-refractivity contribution is -0.191. The van der Waals surface area contributed by atoms with Crippen molar-refractivity contribution in [2.24, 2.45) is 5.41 Å². The van der Waals surface area contributed by atoms with Crippen LogP contribution in [0.5, 0.6) is 5.75 Å². The second-order valence-electron chi connectivity index (χ2n) is 12.2. The van der Waals surface area contributed by atoms with Gasteiger partial charge in [0, 0.05) is 24.1 Å². The summed E-state index contributed by atoms with van der Waals surface area (Å²) in [6, 6.07) is 8.74. The van der Waals surface area contributed by atoms with Gasteiger partial charge in [-0.3, -0.25) is 4.79 Å². The number of anilines is 1. The van der Waals surface area contributed by atoms with Gasteiger partial charge in [0.25, 0.3) is 5.91 Å². The number of aliphatic hydroxyl groups is 1. The molecule has 2 aromatic rings. The maximum Gasteiger partial charge on any atom is 0.416 e. The zero-order valence-electron chi connectivity index (χ0n) is 26.1. The van der Waals surface area contributed by atoms with Crippen LogP contribution in [-0.4, -0.2) is 70.4 Å². The van der Waals surface area contributed by atoms with Crippen LogP contribution in [0.3, 0.4) is 0 Å². The highest BCUT2D eigenvalue weighted by Crippen LogP contribution is 2.39. The number of ether oxygens (including phenoxy) is 2. The second-order valence-corrected chi connectivity index (χ2v) is 14.8. The Hall–Kier alpha value is -3.05. The van der Waals surface area contributed by atoms with Crippen LogP contribution in [0.2, 0.25) is 0 Å². The quantitative estimate of drug-likeness (QED) is 0.214. The van der Waals surface area contributed by atoms with Crippen LogP contribution in [0.4, 0.5) is 10.5 Å². The number of hydrogen-bond donors (Lipinski definition) is 1. The molecule has 1 fully saturated rings. The summed E-state index contributed by atoms with van der Waals surface area (Å²) in [7, 11) is 3.08. The zero-order chi connectivity index (χ0) is 32.3. The van der Waals surface area contributed by atoms with Gasteiger partial charge >= 0.3 is 12.2 Å². The third-order valence-corrected chi connectivity index (χ3v) is 10.1. The third-order valence-electron chi connectivity index (χ3n) is 7.35. The van der Waals surface area contributed by atoms with Crippen molar-refractivity contribution in [2.45, 2.75) is 95.7 Å². The van der Waals surface area contributed by atoms with Crippen molar-refractivity contribution in [3.63, 3.8) is 0 Å². The van der Waals surface area contributed by atoms with Gasteiger partial charge in [-0.2, -0.15) is 9.59 Å². The van der Waals surface area contributed by atoms with Gasteiger partial charge in [0.05, 0.1) is 23.9 Å². The van der Waals surface area contributed by atoms with Gasteiger partial charge in [-0.25, -0.2) is 14.7 Å². The van der Waals surface area contributed by atoms with Crippen molar-refractivity contribution >= 4 is 45.4 Å². The first kappa shape index (κ1) is 35.4. The molecule has 0 radical (unpaired) electrons. The van der Waals surface area contributed by atoms with E-state index in [1.165, 1.54) is 22.1 Å². The lowest BCUT2D eigenvalue weighted by Crippen LogP contribution is -2.51. The summed E-state index contributed by atoms with van der Waals surface area (Å²) in [5.41, 5.74) is 1.86. The fourth-order valence-corrected chi connectivity index (χ4v) is 7.04. The molecule has 0 saturated carbocycles. The molecule has 2 aliphatic heterocycles. The largest absolute Gasteiger partial charge is 0.493 e. The highest BCUT2D eigenvalue weighted by molar-refractivity contribution is 8.76. The van der Waals surface area contributed by atoms with Gasteiger partial charge in [-0.05, 0) is 79.5 Å². The van der Waals surface area contributed by atoms with Gasteiger partial charge in [-0.15, -0.1) is 0 Å². The molecule has 10 nitrogen and oxygen atoms in total. The van der Waals surface area contributed by atoms with Crippen molar-refractivity contribution in [1.29, 1.82) is 0 Å². The molecule has 2 unspecified atom stereocenters. The fourth-order valence-electron chi connectivity index (χ4n) is 5.16. The summed E-state index contributed by atoms with van der Waals surface area (Å²) >= 11 is 0. The molecule has 0 spiro atoms. The molecule has 2 amide bonds. The van der Waals surface area contributed by atoms with Crippen LogP contribution in [0, 0.1) is 12.3 Å². The average molecular weight is 646 g/mol. The van der Waals surface area contributed by atoms with Crippen molar-refractivity contribution in [1.82, 2.24) is 9.88 Å². The summed E-state index contributed by atoms with van der Waals surface area (Å²) in [6.07, 6.45) is 5.80. The molecule has 1 saturated heterocycles. The summed E-state index contributed by atoms with van der Waals surface area (Å²) < 4.78 is 11.9. The average Bonchev–Trinajstić information content (AvgIpc) is 3.45. The number of carbonyl (C=O) groups excluding carboxylic acids is 4. The molecule has 3 atom stereocenters. The molecular formula is C32H43N3O7S2. The normalized spacial score (nSPS) is 18.3. The van der Waals surface area contributed by atoms with Crippen LogP contribution in [0.25, 0.3) is 0 Å². The van der Waals surface area contributed by atoms with Crippen LogP contribution < -0.4 is 9.64 Å². The molecule has 0 aliphatic carbocycles. The van der Waals surface area contributed by atoms with E-state index in [2.05, 4.69) is 25.8 Å². The highest BCUT2D eigenvalue weighted by atomic mass is 33.1. The molecule has 44 heavy (non-hydrogen) atoms. The molecule has 1 aromatic heterocycles. The molecule has 3 heterocycles. The van der Waals surface area contributed by atoms with E-state index in [-0.39, 0.29) is 23.9 Å². The number of fused-ring (bicyclic) bond motifs is 2. The number of benzene rings is 1. The standard InChI is InChI=1S/C31H43N3O5S2.CO2/c1-21-18-23-25(19-26(21)38-17-10-6-8-14-31(3,4)5)34(29(36)24-12-11-16-33(24)28(23)35)30(37)39-20-22(2)40-41-27-13-7-9-15-32-27;2-1-3/h7,9,13,15,18-19,22,24,29,36H,6,8,10-12,14,16-17,20H2,1-5H3;/t22?,24-,29?;/m0./s1. The Balaban J connectivity index is 0.00000169. The van der Waals surface area contributed by atoms with E-state index < -0.39 is 18.4 Å². The van der Waals surface area contributed by atoms with Gasteiger partial charge in [-0.1, -0.05) is 50.5 Å². The minimum Gasteiger partial charge on any atom is -0.493 e. The van der Waals surface area contributed by atoms with Crippen molar-refractivity contribution in [3.05, 3.63) is 47.7 Å². The molecule has 2 aliphatic rings.